The summed E-state index contributed by atoms with van der Waals surface area (Å²) in [7, 11) is 1.87. The highest BCUT2D eigenvalue weighted by atomic mass is 16.1. The average molecular weight is 179 g/mol. The topological polar surface area (TPSA) is 45.7 Å². The van der Waals surface area contributed by atoms with Crippen LogP contribution in [0.25, 0.3) is 0 Å². The SMILES string of the molecule is C[NH2+]CC(=O)Nc1ccc(C)cc1. The van der Waals surface area contributed by atoms with Crippen LogP contribution in [-0.4, -0.2) is 19.5 Å². The molecule has 3 heteroatoms. The molecule has 0 aromatic heterocycles. The van der Waals surface area contributed by atoms with Crippen molar-refractivity contribution in [2.45, 2.75) is 6.92 Å². The Hall–Kier alpha value is -1.35. The van der Waals surface area contributed by atoms with Gasteiger partial charge in [-0.3, -0.25) is 4.79 Å². The minimum absolute atomic E-state index is 0.0337. The van der Waals surface area contributed by atoms with Gasteiger partial charge in [-0.2, -0.15) is 0 Å². The Balaban J connectivity index is 2.54. The summed E-state index contributed by atoms with van der Waals surface area (Å²) in [4.78, 5) is 11.2. The van der Waals surface area contributed by atoms with E-state index in [2.05, 4.69) is 5.32 Å². The number of aryl methyl sites for hydroxylation is 1. The first-order valence-electron chi connectivity index (χ1n) is 4.36. The van der Waals surface area contributed by atoms with Crippen molar-refractivity contribution >= 4 is 11.6 Å². The second-order valence-corrected chi connectivity index (χ2v) is 3.03. The van der Waals surface area contributed by atoms with Crippen LogP contribution in [0.3, 0.4) is 0 Å². The largest absolute Gasteiger partial charge is 0.341 e. The van der Waals surface area contributed by atoms with Gasteiger partial charge in [0.2, 0.25) is 0 Å². The number of likely N-dealkylation sites (N-methyl/N-ethyl adjacent to an activating group) is 1. The van der Waals surface area contributed by atoms with E-state index in [1.807, 2.05) is 43.6 Å². The van der Waals surface area contributed by atoms with E-state index < -0.39 is 0 Å². The van der Waals surface area contributed by atoms with Gasteiger partial charge in [0.05, 0.1) is 7.05 Å². The Labute approximate surface area is 78.2 Å². The van der Waals surface area contributed by atoms with Crippen molar-refractivity contribution in [3.8, 4) is 0 Å². The lowest BCUT2D eigenvalue weighted by Crippen LogP contribution is -2.82. The number of hydrogen-bond acceptors (Lipinski definition) is 1. The quantitative estimate of drug-likeness (QED) is 0.680. The fourth-order valence-corrected chi connectivity index (χ4v) is 1.03. The van der Waals surface area contributed by atoms with Crippen LogP contribution in [0.5, 0.6) is 0 Å². The molecule has 1 rings (SSSR count). The van der Waals surface area contributed by atoms with Crippen LogP contribution in [-0.2, 0) is 4.79 Å². The summed E-state index contributed by atoms with van der Waals surface area (Å²) < 4.78 is 0. The van der Waals surface area contributed by atoms with E-state index in [1.165, 1.54) is 5.56 Å². The van der Waals surface area contributed by atoms with E-state index in [-0.39, 0.29) is 5.91 Å². The zero-order valence-corrected chi connectivity index (χ0v) is 8.00. The molecule has 3 nitrogen and oxygen atoms in total. The van der Waals surface area contributed by atoms with Gasteiger partial charge in [0.25, 0.3) is 5.91 Å². The fraction of sp³-hybridized carbons (Fsp3) is 0.300. The van der Waals surface area contributed by atoms with Crippen LogP contribution in [0.15, 0.2) is 24.3 Å². The zero-order chi connectivity index (χ0) is 9.68. The Morgan fingerprint density at radius 2 is 2.00 bits per heavy atom. The smallest absolute Gasteiger partial charge is 0.279 e. The van der Waals surface area contributed by atoms with Crippen molar-refractivity contribution in [1.82, 2.24) is 0 Å². The van der Waals surface area contributed by atoms with Gasteiger partial charge in [0, 0.05) is 5.69 Å². The molecule has 0 unspecified atom stereocenters. The summed E-state index contributed by atoms with van der Waals surface area (Å²) in [6, 6.07) is 7.77. The number of amides is 1. The van der Waals surface area contributed by atoms with Crippen LogP contribution in [0.4, 0.5) is 5.69 Å². The Bertz CT molecular complexity index is 279. The second kappa shape index (κ2) is 4.62. The third-order valence-electron chi connectivity index (χ3n) is 1.72. The molecule has 0 atom stereocenters. The Morgan fingerprint density at radius 3 is 2.54 bits per heavy atom. The molecule has 13 heavy (non-hydrogen) atoms. The van der Waals surface area contributed by atoms with Crippen LogP contribution >= 0.6 is 0 Å². The van der Waals surface area contributed by atoms with Crippen LogP contribution in [0.1, 0.15) is 5.56 Å². The molecule has 0 aliphatic heterocycles. The van der Waals surface area contributed by atoms with Crippen molar-refractivity contribution in [2.75, 3.05) is 18.9 Å². The highest BCUT2D eigenvalue weighted by Crippen LogP contribution is 2.07. The lowest BCUT2D eigenvalue weighted by Gasteiger charge is -2.02. The lowest BCUT2D eigenvalue weighted by molar-refractivity contribution is -0.615. The first-order valence-corrected chi connectivity index (χ1v) is 4.36. The minimum Gasteiger partial charge on any atom is -0.341 e. The first-order chi connectivity index (χ1) is 6.22. The minimum atomic E-state index is 0.0337. The van der Waals surface area contributed by atoms with Crippen molar-refractivity contribution in [3.05, 3.63) is 29.8 Å². The number of hydrogen-bond donors (Lipinski definition) is 2. The third-order valence-corrected chi connectivity index (χ3v) is 1.72. The number of benzene rings is 1. The zero-order valence-electron chi connectivity index (χ0n) is 8.00. The molecule has 1 amide bonds. The number of nitrogens with two attached hydrogens (primary N) is 1. The third kappa shape index (κ3) is 3.25. The standard InChI is InChI=1S/C10H14N2O/c1-8-3-5-9(6-4-8)12-10(13)7-11-2/h3-6,11H,7H2,1-2H3,(H,12,13)/p+1. The number of anilines is 1. The average Bonchev–Trinajstić information content (AvgIpc) is 2.09. The monoisotopic (exact) mass is 179 g/mol. The van der Waals surface area contributed by atoms with Gasteiger partial charge in [-0.25, -0.2) is 0 Å². The van der Waals surface area contributed by atoms with E-state index >= 15 is 0 Å². The van der Waals surface area contributed by atoms with Gasteiger partial charge in [-0.1, -0.05) is 17.7 Å². The molecule has 3 N–H and O–H groups in total. The number of carbonyl (C=O) groups excluding carboxylic acids is 1. The van der Waals surface area contributed by atoms with E-state index in [0.717, 1.165) is 5.69 Å². The normalized spacial score (nSPS) is 9.69. The van der Waals surface area contributed by atoms with Crippen molar-refractivity contribution < 1.29 is 10.1 Å². The van der Waals surface area contributed by atoms with Gasteiger partial charge >= 0.3 is 0 Å². The van der Waals surface area contributed by atoms with Gasteiger partial charge in [-0.15, -0.1) is 0 Å². The number of nitrogens with one attached hydrogen (secondary N) is 1. The van der Waals surface area contributed by atoms with E-state index in [1.54, 1.807) is 0 Å². The van der Waals surface area contributed by atoms with E-state index in [4.69, 9.17) is 0 Å². The molecule has 0 saturated carbocycles. The van der Waals surface area contributed by atoms with Crippen molar-refractivity contribution in [1.29, 1.82) is 0 Å². The summed E-state index contributed by atoms with van der Waals surface area (Å²) in [5, 5.41) is 4.64. The van der Waals surface area contributed by atoms with Gasteiger partial charge in [0.15, 0.2) is 6.54 Å². The molecule has 1 aromatic carbocycles. The summed E-state index contributed by atoms with van der Waals surface area (Å²) in [6.07, 6.45) is 0. The van der Waals surface area contributed by atoms with Crippen LogP contribution in [0.2, 0.25) is 0 Å². The molecule has 0 radical (unpaired) electrons. The summed E-state index contributed by atoms with van der Waals surface area (Å²) in [5.41, 5.74) is 2.05. The highest BCUT2D eigenvalue weighted by Gasteiger charge is 2.01. The fourth-order valence-electron chi connectivity index (χ4n) is 1.03. The van der Waals surface area contributed by atoms with Crippen molar-refractivity contribution in [2.24, 2.45) is 0 Å². The maximum atomic E-state index is 11.2. The number of rotatable bonds is 3. The highest BCUT2D eigenvalue weighted by molar-refractivity contribution is 5.91. The number of quaternary nitrogens is 1. The summed E-state index contributed by atoms with van der Waals surface area (Å²) >= 11 is 0. The molecular weight excluding hydrogens is 164 g/mol. The molecular formula is C10H15N2O+. The van der Waals surface area contributed by atoms with Crippen LogP contribution in [0, 0.1) is 6.92 Å². The maximum Gasteiger partial charge on any atom is 0.279 e. The molecule has 1 aromatic rings. The van der Waals surface area contributed by atoms with E-state index in [0.29, 0.717) is 6.54 Å². The lowest BCUT2D eigenvalue weighted by atomic mass is 10.2. The summed E-state index contributed by atoms with van der Waals surface area (Å²) in [6.45, 7) is 2.49. The Kier molecular flexibility index (Phi) is 3.46. The molecule has 0 aliphatic carbocycles. The summed E-state index contributed by atoms with van der Waals surface area (Å²) in [5.74, 6) is 0.0337. The first kappa shape index (κ1) is 9.74. The van der Waals surface area contributed by atoms with Gasteiger partial charge in [0.1, 0.15) is 0 Å². The Morgan fingerprint density at radius 1 is 1.38 bits per heavy atom. The molecule has 0 bridgehead atoms. The van der Waals surface area contributed by atoms with Crippen LogP contribution < -0.4 is 10.6 Å². The molecule has 0 saturated heterocycles. The molecule has 0 aliphatic rings. The maximum absolute atomic E-state index is 11.2. The predicted octanol–water partition coefficient (Wildman–Crippen LogP) is 0.127. The molecule has 0 heterocycles. The molecule has 70 valence electrons. The predicted molar refractivity (Wildman–Crippen MR) is 52.5 cm³/mol. The second-order valence-electron chi connectivity index (χ2n) is 3.03. The molecule has 0 fully saturated rings. The number of carbonyl (C=O) groups is 1. The van der Waals surface area contributed by atoms with Gasteiger partial charge < -0.3 is 10.6 Å². The molecule has 0 spiro atoms. The van der Waals surface area contributed by atoms with Crippen molar-refractivity contribution in [3.63, 3.8) is 0 Å². The van der Waals surface area contributed by atoms with E-state index in [9.17, 15) is 4.79 Å². The van der Waals surface area contributed by atoms with Gasteiger partial charge in [-0.05, 0) is 19.1 Å².